The molecule has 4 nitrogen and oxygen atoms in total. The van der Waals surface area contributed by atoms with Gasteiger partial charge in [-0.25, -0.2) is 0 Å². The largest absolute Gasteiger partial charge is 0.481 e. The van der Waals surface area contributed by atoms with Crippen molar-refractivity contribution >= 4 is 5.97 Å². The van der Waals surface area contributed by atoms with Gasteiger partial charge in [0.25, 0.3) is 0 Å². The van der Waals surface area contributed by atoms with E-state index in [1.54, 1.807) is 13.8 Å². The third-order valence-corrected chi connectivity index (χ3v) is 2.67. The molecule has 1 rings (SSSR count). The number of aromatic amines is 1. The molecule has 0 fully saturated rings. The molecule has 0 spiro atoms. The zero-order valence-corrected chi connectivity index (χ0v) is 9.61. The number of aromatic nitrogens is 1. The molecule has 0 radical (unpaired) electrons. The number of hydrogen-bond donors (Lipinski definition) is 2. The lowest BCUT2D eigenvalue weighted by Gasteiger charge is -2.34. The first-order valence-electron chi connectivity index (χ1n) is 4.90. The number of rotatable bonds is 4. The fourth-order valence-corrected chi connectivity index (χ4v) is 1.94. The molecular formula is C11H18N2O2. The van der Waals surface area contributed by atoms with Crippen molar-refractivity contribution in [3.63, 3.8) is 0 Å². The van der Waals surface area contributed by atoms with E-state index >= 15 is 0 Å². The fraction of sp³-hybridized carbons (Fsp3) is 0.545. The summed E-state index contributed by atoms with van der Waals surface area (Å²) in [6.07, 6.45) is 1.81. The maximum atomic E-state index is 11.2. The normalized spacial score (nSPS) is 14.2. The van der Waals surface area contributed by atoms with E-state index in [0.29, 0.717) is 0 Å². The first-order chi connectivity index (χ1) is 6.87. The van der Waals surface area contributed by atoms with E-state index in [2.05, 4.69) is 4.98 Å². The molecule has 0 aliphatic rings. The SMILES string of the molecule is CN(C)C(c1ccc[nH]1)C(C)(C)C(=O)O. The number of aliphatic carboxylic acids is 1. The number of hydrogen-bond acceptors (Lipinski definition) is 2. The summed E-state index contributed by atoms with van der Waals surface area (Å²) in [5, 5.41) is 9.22. The van der Waals surface area contributed by atoms with Gasteiger partial charge in [-0.2, -0.15) is 0 Å². The second-order valence-electron chi connectivity index (χ2n) is 4.52. The van der Waals surface area contributed by atoms with E-state index in [-0.39, 0.29) is 6.04 Å². The van der Waals surface area contributed by atoms with Gasteiger partial charge in [0, 0.05) is 11.9 Å². The Morgan fingerprint density at radius 3 is 2.47 bits per heavy atom. The topological polar surface area (TPSA) is 56.3 Å². The van der Waals surface area contributed by atoms with Crippen LogP contribution in [0.5, 0.6) is 0 Å². The molecule has 0 aliphatic carbocycles. The van der Waals surface area contributed by atoms with E-state index in [1.807, 2.05) is 37.3 Å². The number of carbonyl (C=O) groups is 1. The Balaban J connectivity index is 3.09. The summed E-state index contributed by atoms with van der Waals surface area (Å²) in [7, 11) is 3.77. The van der Waals surface area contributed by atoms with Gasteiger partial charge in [-0.1, -0.05) is 0 Å². The Bertz CT molecular complexity index is 328. The quantitative estimate of drug-likeness (QED) is 0.795. The summed E-state index contributed by atoms with van der Waals surface area (Å²) in [6, 6.07) is 3.63. The third kappa shape index (κ3) is 2.21. The van der Waals surface area contributed by atoms with Gasteiger partial charge in [-0.3, -0.25) is 4.79 Å². The Kier molecular flexibility index (Phi) is 3.19. The van der Waals surface area contributed by atoms with Crippen LogP contribution in [0.4, 0.5) is 0 Å². The first kappa shape index (κ1) is 11.8. The summed E-state index contributed by atoms with van der Waals surface area (Å²) >= 11 is 0. The lowest BCUT2D eigenvalue weighted by molar-refractivity contribution is -0.150. The van der Waals surface area contributed by atoms with Crippen molar-refractivity contribution in [2.45, 2.75) is 19.9 Å². The highest BCUT2D eigenvalue weighted by molar-refractivity contribution is 5.74. The van der Waals surface area contributed by atoms with Crippen LogP contribution in [0.25, 0.3) is 0 Å². The summed E-state index contributed by atoms with van der Waals surface area (Å²) in [5.74, 6) is -0.796. The van der Waals surface area contributed by atoms with Crippen LogP contribution in [0.2, 0.25) is 0 Å². The molecule has 4 heteroatoms. The van der Waals surface area contributed by atoms with Gasteiger partial charge in [0.1, 0.15) is 0 Å². The molecule has 2 N–H and O–H groups in total. The van der Waals surface area contributed by atoms with Gasteiger partial charge in [0.05, 0.1) is 11.5 Å². The lowest BCUT2D eigenvalue weighted by Crippen LogP contribution is -2.39. The molecule has 1 aromatic rings. The zero-order valence-electron chi connectivity index (χ0n) is 9.61. The number of H-pyrrole nitrogens is 1. The Labute approximate surface area is 89.9 Å². The molecule has 1 aromatic heterocycles. The molecule has 1 heterocycles. The summed E-state index contributed by atoms with van der Waals surface area (Å²) < 4.78 is 0. The van der Waals surface area contributed by atoms with Crippen LogP contribution in [0, 0.1) is 5.41 Å². The molecule has 15 heavy (non-hydrogen) atoms. The zero-order chi connectivity index (χ0) is 11.6. The average molecular weight is 210 g/mol. The van der Waals surface area contributed by atoms with Crippen LogP contribution < -0.4 is 0 Å². The van der Waals surface area contributed by atoms with Crippen LogP contribution >= 0.6 is 0 Å². The Morgan fingerprint density at radius 2 is 2.13 bits per heavy atom. The lowest BCUT2D eigenvalue weighted by atomic mass is 9.82. The Hall–Kier alpha value is -1.29. The number of carboxylic acid groups (broad SMARTS) is 1. The molecule has 1 unspecified atom stereocenters. The summed E-state index contributed by atoms with van der Waals surface area (Å²) in [4.78, 5) is 16.2. The van der Waals surface area contributed by atoms with Gasteiger partial charge in [0.15, 0.2) is 0 Å². The second kappa shape index (κ2) is 4.06. The van der Waals surface area contributed by atoms with Gasteiger partial charge < -0.3 is 15.0 Å². The molecule has 0 aliphatic heterocycles. The van der Waals surface area contributed by atoms with Gasteiger partial charge in [-0.15, -0.1) is 0 Å². The minimum Gasteiger partial charge on any atom is -0.481 e. The minimum absolute atomic E-state index is 0.162. The standard InChI is InChI=1S/C11H18N2O2/c1-11(2,10(14)15)9(13(3)4)8-6-5-7-12-8/h5-7,9,12H,1-4H3,(H,14,15). The fourth-order valence-electron chi connectivity index (χ4n) is 1.94. The van der Waals surface area contributed by atoms with Gasteiger partial charge in [-0.05, 0) is 40.1 Å². The molecule has 1 atom stereocenters. The molecule has 0 saturated carbocycles. The number of carboxylic acids is 1. The van der Waals surface area contributed by atoms with Crippen LogP contribution in [0.15, 0.2) is 18.3 Å². The van der Waals surface area contributed by atoms with Crippen molar-refractivity contribution in [1.29, 1.82) is 0 Å². The molecule has 84 valence electrons. The number of nitrogens with zero attached hydrogens (tertiary/aromatic N) is 1. The van der Waals surface area contributed by atoms with Crippen molar-refractivity contribution in [2.24, 2.45) is 5.41 Å². The first-order valence-corrected chi connectivity index (χ1v) is 4.90. The van der Waals surface area contributed by atoms with Crippen molar-refractivity contribution in [2.75, 3.05) is 14.1 Å². The molecule has 0 saturated heterocycles. The molecule has 0 amide bonds. The highest BCUT2D eigenvalue weighted by atomic mass is 16.4. The van der Waals surface area contributed by atoms with E-state index in [4.69, 9.17) is 0 Å². The average Bonchev–Trinajstić information content (AvgIpc) is 2.55. The van der Waals surface area contributed by atoms with Crippen LogP contribution in [-0.2, 0) is 4.79 Å². The second-order valence-corrected chi connectivity index (χ2v) is 4.52. The maximum Gasteiger partial charge on any atom is 0.311 e. The van der Waals surface area contributed by atoms with Crippen LogP contribution in [-0.4, -0.2) is 35.1 Å². The predicted molar refractivity (Wildman–Crippen MR) is 58.6 cm³/mol. The van der Waals surface area contributed by atoms with Gasteiger partial charge >= 0.3 is 5.97 Å². The van der Waals surface area contributed by atoms with E-state index in [0.717, 1.165) is 5.69 Å². The molecular weight excluding hydrogens is 192 g/mol. The van der Waals surface area contributed by atoms with Crippen molar-refractivity contribution in [3.05, 3.63) is 24.0 Å². The van der Waals surface area contributed by atoms with Crippen LogP contribution in [0.3, 0.4) is 0 Å². The van der Waals surface area contributed by atoms with E-state index < -0.39 is 11.4 Å². The molecule has 0 bridgehead atoms. The predicted octanol–water partition coefficient (Wildman–Crippen LogP) is 1.73. The highest BCUT2D eigenvalue weighted by Gasteiger charge is 2.39. The van der Waals surface area contributed by atoms with E-state index in [9.17, 15) is 9.90 Å². The third-order valence-electron chi connectivity index (χ3n) is 2.67. The van der Waals surface area contributed by atoms with Crippen molar-refractivity contribution in [3.8, 4) is 0 Å². The highest BCUT2D eigenvalue weighted by Crippen LogP contribution is 2.36. The van der Waals surface area contributed by atoms with Crippen LogP contribution in [0.1, 0.15) is 25.6 Å². The van der Waals surface area contributed by atoms with Crippen molar-refractivity contribution in [1.82, 2.24) is 9.88 Å². The number of nitrogens with one attached hydrogen (secondary N) is 1. The Morgan fingerprint density at radius 1 is 1.53 bits per heavy atom. The summed E-state index contributed by atoms with van der Waals surface area (Å²) in [5.41, 5.74) is 0.0985. The monoisotopic (exact) mass is 210 g/mol. The maximum absolute atomic E-state index is 11.2. The smallest absolute Gasteiger partial charge is 0.311 e. The van der Waals surface area contributed by atoms with Gasteiger partial charge in [0.2, 0.25) is 0 Å². The van der Waals surface area contributed by atoms with Crippen molar-refractivity contribution < 1.29 is 9.90 Å². The van der Waals surface area contributed by atoms with E-state index in [1.165, 1.54) is 0 Å². The summed E-state index contributed by atoms with van der Waals surface area (Å²) in [6.45, 7) is 3.47. The minimum atomic E-state index is -0.825. The molecule has 0 aromatic carbocycles.